The lowest BCUT2D eigenvalue weighted by Crippen LogP contribution is -2.00. The Balaban J connectivity index is 2.08. The second-order valence-electron chi connectivity index (χ2n) is 7.13. The van der Waals surface area contributed by atoms with E-state index in [1.807, 2.05) is 80.6 Å². The van der Waals surface area contributed by atoms with Gasteiger partial charge in [-0.2, -0.15) is 0 Å². The highest BCUT2D eigenvalue weighted by molar-refractivity contribution is 5.95. The number of fused-ring (bicyclic) bond motifs is 1. The zero-order chi connectivity index (χ0) is 21.3. The maximum absolute atomic E-state index is 11.8. The third-order valence-corrected chi connectivity index (χ3v) is 5.35. The van der Waals surface area contributed by atoms with Crippen molar-refractivity contribution < 1.29 is 4.92 Å². The summed E-state index contributed by atoms with van der Waals surface area (Å²) in [5.41, 5.74) is 6.51. The molecule has 3 aromatic carbocycles. The van der Waals surface area contributed by atoms with Crippen molar-refractivity contribution in [3.63, 3.8) is 0 Å². The SMILES string of the molecule is C=Cc1c(/C=C\C)n(-c2ccc([N+](=O)[O-])c(-c3ccccc3C)c2)c2ccccc12. The predicted molar refractivity (Wildman–Crippen MR) is 125 cm³/mol. The van der Waals surface area contributed by atoms with E-state index in [0.717, 1.165) is 39.0 Å². The van der Waals surface area contributed by atoms with Crippen molar-refractivity contribution in [2.75, 3.05) is 0 Å². The molecule has 0 aliphatic rings. The first-order valence-corrected chi connectivity index (χ1v) is 9.80. The van der Waals surface area contributed by atoms with E-state index in [9.17, 15) is 10.1 Å². The molecule has 0 spiro atoms. The summed E-state index contributed by atoms with van der Waals surface area (Å²) >= 11 is 0. The van der Waals surface area contributed by atoms with E-state index in [-0.39, 0.29) is 10.6 Å². The van der Waals surface area contributed by atoms with Gasteiger partial charge in [0, 0.05) is 22.7 Å². The van der Waals surface area contributed by atoms with Crippen LogP contribution in [0.15, 0.2) is 79.4 Å². The number of benzene rings is 3. The van der Waals surface area contributed by atoms with E-state index in [4.69, 9.17) is 0 Å². The minimum atomic E-state index is -0.318. The quantitative estimate of drug-likeness (QED) is 0.266. The number of nitro benzene ring substituents is 1. The molecule has 0 radical (unpaired) electrons. The maximum Gasteiger partial charge on any atom is 0.277 e. The maximum atomic E-state index is 11.8. The van der Waals surface area contributed by atoms with Crippen LogP contribution >= 0.6 is 0 Å². The smallest absolute Gasteiger partial charge is 0.277 e. The lowest BCUT2D eigenvalue weighted by atomic mass is 9.98. The molecule has 4 nitrogen and oxygen atoms in total. The Labute approximate surface area is 175 Å². The first kappa shape index (κ1) is 19.4. The summed E-state index contributed by atoms with van der Waals surface area (Å²) in [6.45, 7) is 7.95. The highest BCUT2D eigenvalue weighted by Gasteiger charge is 2.20. The summed E-state index contributed by atoms with van der Waals surface area (Å²) in [7, 11) is 0. The molecule has 1 aromatic heterocycles. The summed E-state index contributed by atoms with van der Waals surface area (Å²) in [6, 6.07) is 21.2. The Hall–Kier alpha value is -3.92. The van der Waals surface area contributed by atoms with Crippen molar-refractivity contribution in [1.29, 1.82) is 0 Å². The van der Waals surface area contributed by atoms with Crippen LogP contribution < -0.4 is 0 Å². The van der Waals surface area contributed by atoms with Crippen molar-refractivity contribution in [3.05, 3.63) is 106 Å². The van der Waals surface area contributed by atoms with Gasteiger partial charge in [0.2, 0.25) is 0 Å². The van der Waals surface area contributed by atoms with E-state index in [0.29, 0.717) is 5.56 Å². The average molecular weight is 394 g/mol. The molecule has 0 N–H and O–H groups in total. The molecule has 0 aliphatic carbocycles. The minimum absolute atomic E-state index is 0.0982. The Morgan fingerprint density at radius 1 is 1.00 bits per heavy atom. The highest BCUT2D eigenvalue weighted by Crippen LogP contribution is 2.37. The van der Waals surface area contributed by atoms with Crippen LogP contribution in [-0.2, 0) is 0 Å². The van der Waals surface area contributed by atoms with Crippen molar-refractivity contribution in [2.24, 2.45) is 0 Å². The summed E-state index contributed by atoms with van der Waals surface area (Å²) in [6.07, 6.45) is 5.90. The second-order valence-corrected chi connectivity index (χ2v) is 7.13. The van der Waals surface area contributed by atoms with Crippen LogP contribution in [0.3, 0.4) is 0 Å². The minimum Gasteiger partial charge on any atom is -0.309 e. The summed E-state index contributed by atoms with van der Waals surface area (Å²) in [5.74, 6) is 0. The normalized spacial score (nSPS) is 11.3. The molecular formula is C26H22N2O2. The monoisotopic (exact) mass is 394 g/mol. The number of hydrogen-bond donors (Lipinski definition) is 0. The summed E-state index contributed by atoms with van der Waals surface area (Å²) in [4.78, 5) is 11.4. The molecule has 1 heterocycles. The molecule has 0 bridgehead atoms. The predicted octanol–water partition coefficient (Wildman–Crippen LogP) is 7.19. The Kier molecular flexibility index (Phi) is 5.07. The van der Waals surface area contributed by atoms with Gasteiger partial charge in [-0.25, -0.2) is 0 Å². The molecule has 0 atom stereocenters. The van der Waals surface area contributed by atoms with Crippen LogP contribution in [0, 0.1) is 17.0 Å². The van der Waals surface area contributed by atoms with Gasteiger partial charge in [-0.05, 0) is 49.2 Å². The van der Waals surface area contributed by atoms with Crippen molar-refractivity contribution in [1.82, 2.24) is 4.57 Å². The number of allylic oxidation sites excluding steroid dienone is 1. The Bertz CT molecular complexity index is 1310. The number of rotatable bonds is 5. The molecule has 148 valence electrons. The van der Waals surface area contributed by atoms with Gasteiger partial charge in [0.25, 0.3) is 5.69 Å². The Morgan fingerprint density at radius 2 is 1.73 bits per heavy atom. The standard InChI is InChI=1S/C26H22N2O2/c1-4-10-24-20(5-2)22-13-8-9-14-25(22)27(24)19-15-16-26(28(29)30)23(17-19)21-12-7-6-11-18(21)3/h4-17H,2H2,1,3H3/b10-4-. The van der Waals surface area contributed by atoms with Crippen molar-refractivity contribution in [2.45, 2.75) is 13.8 Å². The van der Waals surface area contributed by atoms with Gasteiger partial charge in [-0.1, -0.05) is 61.2 Å². The molecule has 0 fully saturated rings. The van der Waals surface area contributed by atoms with Crippen LogP contribution in [0.25, 0.3) is 39.9 Å². The number of para-hydroxylation sites is 1. The van der Waals surface area contributed by atoms with Gasteiger partial charge in [-0.15, -0.1) is 0 Å². The topological polar surface area (TPSA) is 48.1 Å². The molecule has 0 saturated heterocycles. The van der Waals surface area contributed by atoms with Gasteiger partial charge in [0.1, 0.15) is 0 Å². The van der Waals surface area contributed by atoms with Crippen LogP contribution in [0.4, 0.5) is 5.69 Å². The second kappa shape index (κ2) is 7.84. The third kappa shape index (κ3) is 3.12. The Morgan fingerprint density at radius 3 is 2.43 bits per heavy atom. The van der Waals surface area contributed by atoms with Gasteiger partial charge in [-0.3, -0.25) is 10.1 Å². The fourth-order valence-electron chi connectivity index (χ4n) is 4.01. The van der Waals surface area contributed by atoms with E-state index in [1.54, 1.807) is 6.07 Å². The molecule has 30 heavy (non-hydrogen) atoms. The van der Waals surface area contributed by atoms with Crippen LogP contribution in [-0.4, -0.2) is 9.49 Å². The number of aromatic nitrogens is 1. The lowest BCUT2D eigenvalue weighted by Gasteiger charge is -2.13. The molecular weight excluding hydrogens is 372 g/mol. The van der Waals surface area contributed by atoms with Crippen LogP contribution in [0.5, 0.6) is 0 Å². The van der Waals surface area contributed by atoms with Gasteiger partial charge < -0.3 is 4.57 Å². The fourth-order valence-corrected chi connectivity index (χ4v) is 4.01. The van der Waals surface area contributed by atoms with Gasteiger partial charge in [0.15, 0.2) is 0 Å². The average Bonchev–Trinajstić information content (AvgIpc) is 3.07. The van der Waals surface area contributed by atoms with E-state index in [2.05, 4.69) is 23.3 Å². The first-order chi connectivity index (χ1) is 14.6. The molecule has 4 heteroatoms. The molecule has 0 unspecified atom stereocenters. The molecule has 4 rings (SSSR count). The molecule has 0 aliphatic heterocycles. The summed E-state index contributed by atoms with van der Waals surface area (Å²) in [5, 5.41) is 12.9. The van der Waals surface area contributed by atoms with Crippen molar-refractivity contribution in [3.8, 4) is 16.8 Å². The zero-order valence-electron chi connectivity index (χ0n) is 17.0. The fraction of sp³-hybridized carbons (Fsp3) is 0.0769. The number of nitrogens with zero attached hydrogens (tertiary/aromatic N) is 2. The largest absolute Gasteiger partial charge is 0.309 e. The number of nitro groups is 1. The van der Waals surface area contributed by atoms with Crippen LogP contribution in [0.1, 0.15) is 23.7 Å². The number of hydrogen-bond acceptors (Lipinski definition) is 2. The van der Waals surface area contributed by atoms with E-state index in [1.165, 1.54) is 0 Å². The summed E-state index contributed by atoms with van der Waals surface area (Å²) < 4.78 is 2.14. The zero-order valence-corrected chi connectivity index (χ0v) is 17.0. The first-order valence-electron chi connectivity index (χ1n) is 9.80. The molecule has 4 aromatic rings. The molecule has 0 amide bonds. The molecule has 0 saturated carbocycles. The lowest BCUT2D eigenvalue weighted by molar-refractivity contribution is -0.384. The van der Waals surface area contributed by atoms with Crippen LogP contribution in [0.2, 0.25) is 0 Å². The highest BCUT2D eigenvalue weighted by atomic mass is 16.6. The van der Waals surface area contributed by atoms with Gasteiger partial charge in [0.05, 0.1) is 21.7 Å². The third-order valence-electron chi connectivity index (χ3n) is 5.35. The number of aryl methyl sites for hydroxylation is 1. The van der Waals surface area contributed by atoms with Gasteiger partial charge >= 0.3 is 0 Å². The van der Waals surface area contributed by atoms with E-state index < -0.39 is 0 Å². The van der Waals surface area contributed by atoms with Crippen molar-refractivity contribution >= 4 is 28.7 Å². The van der Waals surface area contributed by atoms with E-state index >= 15 is 0 Å².